The Morgan fingerprint density at radius 3 is 2.50 bits per heavy atom. The van der Waals surface area contributed by atoms with Crippen molar-refractivity contribution >= 4 is 0 Å². The van der Waals surface area contributed by atoms with Gasteiger partial charge in [-0.25, -0.2) is 0 Å². The third-order valence-electron chi connectivity index (χ3n) is 6.07. The Kier molecular flexibility index (Phi) is 6.70. The minimum absolute atomic E-state index is 0.0682. The molecule has 7 atom stereocenters. The summed E-state index contributed by atoms with van der Waals surface area (Å²) in [6.45, 7) is 13.8. The standard InChI is InChI=1S/C20H34O6/c1-8-14(24-7)17(25-11-23-6)16-13-10-19(4,5)20(13,26-18(16)22)15(21)9-12(2)3/h8,13-18,21-22H,1-2,9-11H2,3-7H3/t13-,14-,15?,16+,17+,18?,20-/m0/s1. The maximum atomic E-state index is 11.0. The molecular formula is C20H34O6. The van der Waals surface area contributed by atoms with Gasteiger partial charge in [0.15, 0.2) is 6.29 Å². The minimum Gasteiger partial charge on any atom is -0.390 e. The predicted molar refractivity (Wildman–Crippen MR) is 98.4 cm³/mol. The largest absolute Gasteiger partial charge is 0.390 e. The first-order chi connectivity index (χ1) is 12.2. The number of rotatable bonds is 10. The van der Waals surface area contributed by atoms with Crippen molar-refractivity contribution in [1.29, 1.82) is 0 Å². The van der Waals surface area contributed by atoms with E-state index in [1.54, 1.807) is 20.3 Å². The quantitative estimate of drug-likeness (QED) is 0.454. The Labute approximate surface area is 156 Å². The van der Waals surface area contributed by atoms with E-state index in [2.05, 4.69) is 27.0 Å². The normalized spacial score (nSPS) is 35.9. The van der Waals surface area contributed by atoms with Crippen LogP contribution in [0.5, 0.6) is 0 Å². The lowest BCUT2D eigenvalue weighted by Crippen LogP contribution is -2.68. The van der Waals surface area contributed by atoms with Crippen LogP contribution in [0.2, 0.25) is 0 Å². The molecule has 0 amide bonds. The van der Waals surface area contributed by atoms with Crippen LogP contribution in [-0.4, -0.2) is 61.4 Å². The van der Waals surface area contributed by atoms with E-state index < -0.39 is 30.2 Å². The van der Waals surface area contributed by atoms with Crippen LogP contribution in [0.1, 0.15) is 33.6 Å². The van der Waals surface area contributed by atoms with E-state index in [4.69, 9.17) is 18.9 Å². The zero-order chi connectivity index (χ0) is 19.7. The molecule has 6 nitrogen and oxygen atoms in total. The molecule has 2 rings (SSSR count). The van der Waals surface area contributed by atoms with E-state index in [0.717, 1.165) is 12.0 Å². The van der Waals surface area contributed by atoms with E-state index in [1.165, 1.54) is 0 Å². The van der Waals surface area contributed by atoms with Crippen molar-refractivity contribution in [2.24, 2.45) is 17.3 Å². The Balaban J connectivity index is 2.36. The maximum Gasteiger partial charge on any atom is 0.161 e. The van der Waals surface area contributed by atoms with Gasteiger partial charge < -0.3 is 29.2 Å². The highest BCUT2D eigenvalue weighted by atomic mass is 16.7. The SMILES string of the molecule is C=C[C@H](OC)[C@@H](OCOC)[C@@H]1C(O)O[C@]2(C(O)CC(=C)C)[C@H]1CC2(C)C. The van der Waals surface area contributed by atoms with Crippen molar-refractivity contribution in [2.75, 3.05) is 21.0 Å². The van der Waals surface area contributed by atoms with E-state index in [1.807, 2.05) is 6.92 Å². The van der Waals surface area contributed by atoms with Crippen LogP contribution < -0.4 is 0 Å². The fraction of sp³-hybridized carbons (Fsp3) is 0.800. The second-order valence-electron chi connectivity index (χ2n) is 8.22. The van der Waals surface area contributed by atoms with Gasteiger partial charge >= 0.3 is 0 Å². The van der Waals surface area contributed by atoms with Crippen LogP contribution in [0.15, 0.2) is 24.8 Å². The first-order valence-electron chi connectivity index (χ1n) is 9.10. The molecule has 1 saturated heterocycles. The highest BCUT2D eigenvalue weighted by Crippen LogP contribution is 2.66. The molecule has 0 aromatic carbocycles. The fourth-order valence-electron chi connectivity index (χ4n) is 4.96. The molecule has 0 bridgehead atoms. The zero-order valence-corrected chi connectivity index (χ0v) is 16.6. The van der Waals surface area contributed by atoms with E-state index >= 15 is 0 Å². The van der Waals surface area contributed by atoms with E-state index in [-0.39, 0.29) is 24.0 Å². The van der Waals surface area contributed by atoms with Crippen LogP contribution in [0.25, 0.3) is 0 Å². The Morgan fingerprint density at radius 1 is 1.38 bits per heavy atom. The van der Waals surface area contributed by atoms with Crippen molar-refractivity contribution in [1.82, 2.24) is 0 Å². The summed E-state index contributed by atoms with van der Waals surface area (Å²) in [6, 6.07) is 0. The molecule has 0 spiro atoms. The number of aliphatic hydroxyl groups is 2. The van der Waals surface area contributed by atoms with Crippen molar-refractivity contribution in [2.45, 2.75) is 63.8 Å². The highest BCUT2D eigenvalue weighted by molar-refractivity contribution is 5.22. The first kappa shape index (κ1) is 21.5. The summed E-state index contributed by atoms with van der Waals surface area (Å²) < 4.78 is 22.5. The third-order valence-corrected chi connectivity index (χ3v) is 6.07. The molecule has 26 heavy (non-hydrogen) atoms. The van der Waals surface area contributed by atoms with Crippen molar-refractivity contribution in [3.63, 3.8) is 0 Å². The monoisotopic (exact) mass is 370 g/mol. The zero-order valence-electron chi connectivity index (χ0n) is 16.6. The van der Waals surface area contributed by atoms with Gasteiger partial charge in [0.25, 0.3) is 0 Å². The smallest absolute Gasteiger partial charge is 0.161 e. The topological polar surface area (TPSA) is 77.4 Å². The summed E-state index contributed by atoms with van der Waals surface area (Å²) in [5, 5.41) is 21.8. The lowest BCUT2D eigenvalue weighted by atomic mass is 9.47. The second kappa shape index (κ2) is 8.09. The van der Waals surface area contributed by atoms with Gasteiger partial charge in [0, 0.05) is 26.1 Å². The molecule has 1 saturated carbocycles. The van der Waals surface area contributed by atoms with Crippen molar-refractivity contribution in [3.8, 4) is 0 Å². The molecule has 1 aliphatic carbocycles. The fourth-order valence-corrected chi connectivity index (χ4v) is 4.96. The molecule has 0 aromatic rings. The van der Waals surface area contributed by atoms with Gasteiger partial charge in [0.1, 0.15) is 18.5 Å². The highest BCUT2D eigenvalue weighted by Gasteiger charge is 2.73. The van der Waals surface area contributed by atoms with Gasteiger partial charge in [-0.3, -0.25) is 0 Å². The van der Waals surface area contributed by atoms with Gasteiger partial charge in [0.2, 0.25) is 0 Å². The van der Waals surface area contributed by atoms with Crippen LogP contribution in [0, 0.1) is 17.3 Å². The molecule has 150 valence electrons. The summed E-state index contributed by atoms with van der Waals surface area (Å²) in [5.74, 6) is -0.429. The Morgan fingerprint density at radius 2 is 2.04 bits per heavy atom. The maximum absolute atomic E-state index is 11.0. The summed E-state index contributed by atoms with van der Waals surface area (Å²) in [5.41, 5.74) is -0.238. The lowest BCUT2D eigenvalue weighted by Gasteiger charge is -2.60. The van der Waals surface area contributed by atoms with Crippen molar-refractivity contribution < 1.29 is 29.2 Å². The van der Waals surface area contributed by atoms with E-state index in [0.29, 0.717) is 6.42 Å². The number of aliphatic hydroxyl groups excluding tert-OH is 2. The molecule has 2 N–H and O–H groups in total. The number of fused-ring (bicyclic) bond motifs is 1. The summed E-state index contributed by atoms with van der Waals surface area (Å²) in [4.78, 5) is 0. The van der Waals surface area contributed by atoms with Crippen LogP contribution >= 0.6 is 0 Å². The summed E-state index contributed by atoms with van der Waals surface area (Å²) >= 11 is 0. The van der Waals surface area contributed by atoms with Crippen LogP contribution in [-0.2, 0) is 18.9 Å². The minimum atomic E-state index is -1.07. The Bertz CT molecular complexity index is 518. The average Bonchev–Trinajstić information content (AvgIpc) is 2.80. The van der Waals surface area contributed by atoms with Crippen LogP contribution in [0.3, 0.4) is 0 Å². The van der Waals surface area contributed by atoms with E-state index in [9.17, 15) is 10.2 Å². The summed E-state index contributed by atoms with van der Waals surface area (Å²) in [6.07, 6.45) is 0.155. The molecule has 2 fully saturated rings. The Hall–Kier alpha value is -0.760. The van der Waals surface area contributed by atoms with Crippen molar-refractivity contribution in [3.05, 3.63) is 24.8 Å². The summed E-state index contributed by atoms with van der Waals surface area (Å²) in [7, 11) is 3.12. The number of hydrogen-bond donors (Lipinski definition) is 2. The lowest BCUT2D eigenvalue weighted by molar-refractivity contribution is -0.271. The van der Waals surface area contributed by atoms with Gasteiger partial charge in [-0.2, -0.15) is 0 Å². The molecule has 2 aliphatic rings. The molecule has 1 aliphatic heterocycles. The second-order valence-corrected chi connectivity index (χ2v) is 8.22. The number of methoxy groups -OCH3 is 2. The van der Waals surface area contributed by atoms with Gasteiger partial charge in [-0.15, -0.1) is 13.2 Å². The van der Waals surface area contributed by atoms with Gasteiger partial charge in [0.05, 0.1) is 12.2 Å². The first-order valence-corrected chi connectivity index (χ1v) is 9.10. The predicted octanol–water partition coefficient (Wildman–Crippen LogP) is 2.25. The third kappa shape index (κ3) is 3.39. The molecule has 6 heteroatoms. The molecule has 1 heterocycles. The van der Waals surface area contributed by atoms with Crippen LogP contribution in [0.4, 0.5) is 0 Å². The molecule has 2 unspecified atom stereocenters. The molecular weight excluding hydrogens is 336 g/mol. The number of hydrogen-bond acceptors (Lipinski definition) is 6. The van der Waals surface area contributed by atoms with Gasteiger partial charge in [-0.1, -0.05) is 25.5 Å². The average molecular weight is 370 g/mol. The van der Waals surface area contributed by atoms with Gasteiger partial charge in [-0.05, 0) is 25.2 Å². The molecule has 0 radical (unpaired) electrons. The molecule has 0 aromatic heterocycles. The number of ether oxygens (including phenoxy) is 4.